The number of pyridine rings is 2. The van der Waals surface area contributed by atoms with Crippen LogP contribution in [0.25, 0.3) is 0 Å². The van der Waals surface area contributed by atoms with Gasteiger partial charge in [-0.15, -0.1) is 0 Å². The molecule has 0 unspecified atom stereocenters. The number of hydrazone groups is 1. The lowest BCUT2D eigenvalue weighted by Crippen LogP contribution is -2.19. The number of aryl methyl sites for hydroxylation is 2. The third kappa shape index (κ3) is 3.47. The zero-order chi connectivity index (χ0) is 14.5. The maximum atomic E-state index is 11.9. The predicted molar refractivity (Wildman–Crippen MR) is 77.6 cm³/mol. The smallest absolute Gasteiger partial charge is 0.267 e. The summed E-state index contributed by atoms with van der Waals surface area (Å²) in [7, 11) is 0. The van der Waals surface area contributed by atoms with Crippen molar-refractivity contribution in [2.24, 2.45) is 5.10 Å². The molecule has 1 N–H and O–H groups in total. The zero-order valence-corrected chi connectivity index (χ0v) is 11.7. The number of hydrogen-bond acceptors (Lipinski definition) is 4. The van der Waals surface area contributed by atoms with Gasteiger partial charge in [-0.3, -0.25) is 14.8 Å². The van der Waals surface area contributed by atoms with E-state index in [1.54, 1.807) is 18.3 Å². The van der Waals surface area contributed by atoms with Gasteiger partial charge in [0.05, 0.1) is 11.3 Å². The van der Waals surface area contributed by atoms with E-state index in [9.17, 15) is 4.79 Å². The van der Waals surface area contributed by atoms with E-state index in [-0.39, 0.29) is 5.91 Å². The summed E-state index contributed by atoms with van der Waals surface area (Å²) in [6.07, 6.45) is 3.26. The molecule has 0 aliphatic rings. The molecule has 0 saturated carbocycles. The van der Waals surface area contributed by atoms with Crippen LogP contribution in [0.3, 0.4) is 0 Å². The topological polar surface area (TPSA) is 67.2 Å². The molecule has 0 aromatic carbocycles. The van der Waals surface area contributed by atoms with Gasteiger partial charge in [-0.05, 0) is 45.0 Å². The van der Waals surface area contributed by atoms with E-state index in [4.69, 9.17) is 0 Å². The average Bonchev–Trinajstić information content (AvgIpc) is 2.46. The molecule has 5 nitrogen and oxygen atoms in total. The highest BCUT2D eigenvalue weighted by atomic mass is 16.2. The molecule has 102 valence electrons. The Morgan fingerprint density at radius 3 is 2.05 bits per heavy atom. The van der Waals surface area contributed by atoms with Crippen molar-refractivity contribution in [1.29, 1.82) is 0 Å². The summed E-state index contributed by atoms with van der Waals surface area (Å²) in [5, 5.41) is 4.07. The fraction of sp³-hybridized carbons (Fsp3) is 0.200. The molecular formula is C15H16N4O. The molecule has 0 atom stereocenters. The largest absolute Gasteiger partial charge is 0.272 e. The second kappa shape index (κ2) is 6.06. The highest BCUT2D eigenvalue weighted by Gasteiger charge is 2.05. The molecule has 0 fully saturated rings. The van der Waals surface area contributed by atoms with Crippen molar-refractivity contribution in [3.63, 3.8) is 0 Å². The van der Waals surface area contributed by atoms with Crippen LogP contribution in [-0.2, 0) is 0 Å². The Kier molecular flexibility index (Phi) is 4.20. The Balaban J connectivity index is 2.06. The third-order valence-electron chi connectivity index (χ3n) is 2.83. The van der Waals surface area contributed by atoms with Crippen molar-refractivity contribution < 1.29 is 4.79 Å². The molecule has 2 rings (SSSR count). The first kappa shape index (κ1) is 13.9. The van der Waals surface area contributed by atoms with Crippen LogP contribution in [0.2, 0.25) is 0 Å². The predicted octanol–water partition coefficient (Wildman–Crippen LogP) is 2.25. The lowest BCUT2D eigenvalue weighted by Gasteiger charge is -2.03. The number of nitrogens with zero attached hydrogens (tertiary/aromatic N) is 3. The van der Waals surface area contributed by atoms with E-state index >= 15 is 0 Å². The fourth-order valence-corrected chi connectivity index (χ4v) is 1.55. The maximum absolute atomic E-state index is 11.9. The molecule has 5 heteroatoms. The normalized spacial score (nSPS) is 11.2. The molecule has 0 radical (unpaired) electrons. The Labute approximate surface area is 117 Å². The number of nitrogens with one attached hydrogen (secondary N) is 1. The van der Waals surface area contributed by atoms with E-state index in [1.165, 1.54) is 6.20 Å². The first-order chi connectivity index (χ1) is 9.56. The summed E-state index contributed by atoms with van der Waals surface area (Å²) in [6.45, 7) is 5.61. The Hall–Kier alpha value is -2.56. The SMILES string of the molecule is C/C(=N\NC(=O)c1ccc(C)nc1)c1ccc(C)nc1. The fourth-order valence-electron chi connectivity index (χ4n) is 1.55. The van der Waals surface area contributed by atoms with Gasteiger partial charge in [0.1, 0.15) is 0 Å². The van der Waals surface area contributed by atoms with Crippen molar-refractivity contribution in [2.75, 3.05) is 0 Å². The summed E-state index contributed by atoms with van der Waals surface area (Å²) in [4.78, 5) is 20.1. The first-order valence-electron chi connectivity index (χ1n) is 6.26. The molecule has 0 saturated heterocycles. The zero-order valence-electron chi connectivity index (χ0n) is 11.7. The van der Waals surface area contributed by atoms with Crippen LogP contribution < -0.4 is 5.43 Å². The summed E-state index contributed by atoms with van der Waals surface area (Å²) in [6, 6.07) is 7.33. The quantitative estimate of drug-likeness (QED) is 0.685. The number of carbonyl (C=O) groups excluding carboxylic acids is 1. The standard InChI is InChI=1S/C15H16N4O/c1-10-4-6-13(8-16-10)12(3)18-19-15(20)14-7-5-11(2)17-9-14/h4-9H,1-3H3,(H,19,20)/b18-12+. The highest BCUT2D eigenvalue weighted by molar-refractivity contribution is 6.00. The maximum Gasteiger partial charge on any atom is 0.272 e. The first-order valence-corrected chi connectivity index (χ1v) is 6.26. The van der Waals surface area contributed by atoms with E-state index in [0.717, 1.165) is 17.0 Å². The molecule has 20 heavy (non-hydrogen) atoms. The molecule has 2 aromatic heterocycles. The second-order valence-corrected chi connectivity index (χ2v) is 4.51. The number of amides is 1. The number of rotatable bonds is 3. The lowest BCUT2D eigenvalue weighted by molar-refractivity contribution is 0.0954. The Morgan fingerprint density at radius 1 is 1.00 bits per heavy atom. The van der Waals surface area contributed by atoms with Crippen LogP contribution in [0, 0.1) is 13.8 Å². The monoisotopic (exact) mass is 268 g/mol. The highest BCUT2D eigenvalue weighted by Crippen LogP contribution is 2.02. The number of hydrogen-bond donors (Lipinski definition) is 1. The van der Waals surface area contributed by atoms with Crippen molar-refractivity contribution in [3.05, 3.63) is 59.2 Å². The van der Waals surface area contributed by atoms with Crippen LogP contribution >= 0.6 is 0 Å². The molecule has 0 aliphatic carbocycles. The molecule has 2 aromatic rings. The molecule has 0 spiro atoms. The van der Waals surface area contributed by atoms with Gasteiger partial charge in [-0.1, -0.05) is 0 Å². The Morgan fingerprint density at radius 2 is 1.55 bits per heavy atom. The van der Waals surface area contributed by atoms with Crippen LogP contribution in [0.15, 0.2) is 41.8 Å². The van der Waals surface area contributed by atoms with Gasteiger partial charge in [-0.2, -0.15) is 5.10 Å². The molecule has 0 aliphatic heterocycles. The van der Waals surface area contributed by atoms with Gasteiger partial charge >= 0.3 is 0 Å². The summed E-state index contributed by atoms with van der Waals surface area (Å²) < 4.78 is 0. The van der Waals surface area contributed by atoms with Gasteiger partial charge in [0.25, 0.3) is 5.91 Å². The van der Waals surface area contributed by atoms with Crippen molar-refractivity contribution in [2.45, 2.75) is 20.8 Å². The summed E-state index contributed by atoms with van der Waals surface area (Å²) >= 11 is 0. The van der Waals surface area contributed by atoms with Crippen LogP contribution in [0.4, 0.5) is 0 Å². The van der Waals surface area contributed by atoms with E-state index < -0.39 is 0 Å². The second-order valence-electron chi connectivity index (χ2n) is 4.51. The van der Waals surface area contributed by atoms with Gasteiger partial charge in [-0.25, -0.2) is 5.43 Å². The van der Waals surface area contributed by atoms with Crippen molar-refractivity contribution in [3.8, 4) is 0 Å². The van der Waals surface area contributed by atoms with Crippen molar-refractivity contribution >= 4 is 11.6 Å². The molecule has 1 amide bonds. The summed E-state index contributed by atoms with van der Waals surface area (Å²) in [5.41, 5.74) is 6.37. The van der Waals surface area contributed by atoms with Gasteiger partial charge in [0.2, 0.25) is 0 Å². The van der Waals surface area contributed by atoms with E-state index in [0.29, 0.717) is 11.3 Å². The minimum atomic E-state index is -0.281. The molecule has 0 bridgehead atoms. The number of aromatic nitrogens is 2. The van der Waals surface area contributed by atoms with Gasteiger partial charge in [0, 0.05) is 29.3 Å². The van der Waals surface area contributed by atoms with Crippen molar-refractivity contribution in [1.82, 2.24) is 15.4 Å². The Bertz CT molecular complexity index is 630. The molecule has 2 heterocycles. The van der Waals surface area contributed by atoms with E-state index in [2.05, 4.69) is 20.5 Å². The number of carbonyl (C=O) groups is 1. The third-order valence-corrected chi connectivity index (χ3v) is 2.83. The van der Waals surface area contributed by atoms with Crippen LogP contribution in [0.5, 0.6) is 0 Å². The van der Waals surface area contributed by atoms with Crippen LogP contribution in [0.1, 0.15) is 34.2 Å². The van der Waals surface area contributed by atoms with Gasteiger partial charge in [0.15, 0.2) is 0 Å². The van der Waals surface area contributed by atoms with Crippen LogP contribution in [-0.4, -0.2) is 21.6 Å². The lowest BCUT2D eigenvalue weighted by atomic mass is 10.2. The summed E-state index contributed by atoms with van der Waals surface area (Å²) in [5.74, 6) is -0.281. The van der Waals surface area contributed by atoms with E-state index in [1.807, 2.05) is 32.9 Å². The minimum absolute atomic E-state index is 0.281. The molecular weight excluding hydrogens is 252 g/mol. The average molecular weight is 268 g/mol. The minimum Gasteiger partial charge on any atom is -0.267 e. The van der Waals surface area contributed by atoms with Gasteiger partial charge < -0.3 is 0 Å².